The molecule has 8 aromatic rings. The van der Waals surface area contributed by atoms with Gasteiger partial charge in [-0.2, -0.15) is 0 Å². The number of para-hydroxylation sites is 2. The number of pyridine rings is 1. The Morgan fingerprint density at radius 1 is 0.564 bits per heavy atom. The summed E-state index contributed by atoms with van der Waals surface area (Å²) in [4.78, 5) is 6.64. The highest BCUT2D eigenvalue weighted by atomic mass is 32.1. The van der Waals surface area contributed by atoms with E-state index in [0.29, 0.717) is 0 Å². The zero-order valence-corrected chi connectivity index (χ0v) is 21.7. The molecule has 0 aliphatic rings. The van der Waals surface area contributed by atoms with Crippen LogP contribution in [0.2, 0.25) is 0 Å². The number of rotatable bonds is 4. The summed E-state index contributed by atoms with van der Waals surface area (Å²) in [7, 11) is 0. The normalized spacial score (nSPS) is 11.6. The number of anilines is 3. The third-order valence-corrected chi connectivity index (χ3v) is 8.48. The maximum Gasteiger partial charge on any atom is 0.159 e. The number of nitrogens with zero attached hydrogens (tertiary/aromatic N) is 2. The van der Waals surface area contributed by atoms with Gasteiger partial charge in [0.05, 0.1) is 10.4 Å². The standard InChI is InChI=1S/C35H22N2OS/c1-2-7-23(8-3-1)24-13-15-25(16-14-24)37(26-17-18-28-29-19-20-36-22-34(29)39-33(28)21-26)31-11-6-10-30-27-9-4-5-12-32(27)38-35(30)31/h1-22H. The van der Waals surface area contributed by atoms with Gasteiger partial charge in [0.2, 0.25) is 0 Å². The first kappa shape index (κ1) is 22.1. The maximum atomic E-state index is 6.49. The van der Waals surface area contributed by atoms with E-state index in [9.17, 15) is 0 Å². The van der Waals surface area contributed by atoms with Crippen molar-refractivity contribution in [1.29, 1.82) is 0 Å². The van der Waals surface area contributed by atoms with E-state index in [1.165, 1.54) is 31.3 Å². The number of hydrogen-bond donors (Lipinski definition) is 0. The molecule has 0 aliphatic heterocycles. The summed E-state index contributed by atoms with van der Waals surface area (Å²) in [5.74, 6) is 0. The van der Waals surface area contributed by atoms with Crippen molar-refractivity contribution < 1.29 is 4.42 Å². The van der Waals surface area contributed by atoms with Gasteiger partial charge in [-0.3, -0.25) is 4.98 Å². The van der Waals surface area contributed by atoms with Gasteiger partial charge in [0.1, 0.15) is 5.58 Å². The Labute approximate surface area is 229 Å². The number of fused-ring (bicyclic) bond motifs is 6. The Kier molecular flexibility index (Phi) is 5.00. The molecule has 39 heavy (non-hydrogen) atoms. The first-order valence-electron chi connectivity index (χ1n) is 13.0. The van der Waals surface area contributed by atoms with E-state index in [1.54, 1.807) is 11.3 Å². The van der Waals surface area contributed by atoms with Crippen LogP contribution in [0.15, 0.2) is 138 Å². The van der Waals surface area contributed by atoms with Gasteiger partial charge in [-0.1, -0.05) is 78.9 Å². The highest BCUT2D eigenvalue weighted by Gasteiger charge is 2.20. The Morgan fingerprint density at radius 3 is 2.21 bits per heavy atom. The Morgan fingerprint density at radius 2 is 1.31 bits per heavy atom. The lowest BCUT2D eigenvalue weighted by molar-refractivity contribution is 0.669. The van der Waals surface area contributed by atoms with Crippen LogP contribution < -0.4 is 4.90 Å². The summed E-state index contributed by atoms with van der Waals surface area (Å²) in [5, 5.41) is 4.74. The van der Waals surface area contributed by atoms with Crippen LogP contribution in [0.5, 0.6) is 0 Å². The van der Waals surface area contributed by atoms with E-state index >= 15 is 0 Å². The first-order chi connectivity index (χ1) is 19.3. The number of furan rings is 1. The molecule has 0 saturated heterocycles. The maximum absolute atomic E-state index is 6.49. The van der Waals surface area contributed by atoms with Gasteiger partial charge in [0, 0.05) is 50.0 Å². The monoisotopic (exact) mass is 518 g/mol. The minimum atomic E-state index is 0.881. The summed E-state index contributed by atoms with van der Waals surface area (Å²) >= 11 is 1.78. The van der Waals surface area contributed by atoms with Crippen molar-refractivity contribution in [2.24, 2.45) is 0 Å². The molecular weight excluding hydrogens is 496 g/mol. The predicted molar refractivity (Wildman–Crippen MR) is 165 cm³/mol. The fraction of sp³-hybridized carbons (Fsp3) is 0. The van der Waals surface area contributed by atoms with Gasteiger partial charge >= 0.3 is 0 Å². The second-order valence-electron chi connectivity index (χ2n) is 9.65. The van der Waals surface area contributed by atoms with E-state index in [0.717, 1.165) is 39.0 Å². The molecule has 184 valence electrons. The number of thiophene rings is 1. The molecule has 0 bridgehead atoms. The summed E-state index contributed by atoms with van der Waals surface area (Å²) in [6.45, 7) is 0. The van der Waals surface area contributed by atoms with Crippen LogP contribution in [0.1, 0.15) is 0 Å². The highest BCUT2D eigenvalue weighted by Crippen LogP contribution is 2.44. The molecule has 0 saturated carbocycles. The molecule has 3 heterocycles. The van der Waals surface area contributed by atoms with Crippen LogP contribution in [-0.4, -0.2) is 4.98 Å². The lowest BCUT2D eigenvalue weighted by Crippen LogP contribution is -2.10. The second kappa shape index (κ2) is 8.83. The fourth-order valence-corrected chi connectivity index (χ4v) is 6.63. The molecule has 0 spiro atoms. The summed E-state index contributed by atoms with van der Waals surface area (Å²) < 4.78 is 8.92. The molecule has 0 fully saturated rings. The van der Waals surface area contributed by atoms with Crippen LogP contribution in [0.25, 0.3) is 53.2 Å². The smallest absolute Gasteiger partial charge is 0.159 e. The number of benzene rings is 5. The zero-order chi connectivity index (χ0) is 25.8. The van der Waals surface area contributed by atoms with Gasteiger partial charge in [-0.05, 0) is 53.6 Å². The quantitative estimate of drug-likeness (QED) is 0.232. The van der Waals surface area contributed by atoms with Crippen molar-refractivity contribution in [2.45, 2.75) is 0 Å². The van der Waals surface area contributed by atoms with Gasteiger partial charge in [0.15, 0.2) is 5.58 Å². The van der Waals surface area contributed by atoms with Gasteiger partial charge in [-0.15, -0.1) is 11.3 Å². The topological polar surface area (TPSA) is 29.3 Å². The van der Waals surface area contributed by atoms with Crippen LogP contribution >= 0.6 is 11.3 Å². The third-order valence-electron chi connectivity index (χ3n) is 7.38. The average molecular weight is 519 g/mol. The van der Waals surface area contributed by atoms with Crippen molar-refractivity contribution in [3.05, 3.63) is 134 Å². The van der Waals surface area contributed by atoms with Crippen molar-refractivity contribution in [3.8, 4) is 11.1 Å². The van der Waals surface area contributed by atoms with E-state index in [-0.39, 0.29) is 0 Å². The minimum Gasteiger partial charge on any atom is -0.454 e. The van der Waals surface area contributed by atoms with E-state index in [4.69, 9.17) is 4.42 Å². The molecular formula is C35H22N2OS. The first-order valence-corrected chi connectivity index (χ1v) is 13.8. The molecule has 8 rings (SSSR count). The van der Waals surface area contributed by atoms with Crippen molar-refractivity contribution in [2.75, 3.05) is 4.90 Å². The molecule has 3 nitrogen and oxygen atoms in total. The third kappa shape index (κ3) is 3.61. The second-order valence-corrected chi connectivity index (χ2v) is 10.7. The number of hydrogen-bond acceptors (Lipinski definition) is 4. The van der Waals surface area contributed by atoms with Crippen LogP contribution in [0.4, 0.5) is 17.1 Å². The highest BCUT2D eigenvalue weighted by molar-refractivity contribution is 7.25. The Bertz CT molecular complexity index is 2120. The molecule has 0 amide bonds. The predicted octanol–water partition coefficient (Wildman–Crippen LogP) is 10.5. The zero-order valence-electron chi connectivity index (χ0n) is 20.9. The van der Waals surface area contributed by atoms with Crippen molar-refractivity contribution in [1.82, 2.24) is 4.98 Å². The molecule has 0 atom stereocenters. The Balaban J connectivity index is 1.35. The lowest BCUT2D eigenvalue weighted by atomic mass is 10.0. The average Bonchev–Trinajstić information content (AvgIpc) is 3.57. The van der Waals surface area contributed by atoms with Gasteiger partial charge < -0.3 is 9.32 Å². The summed E-state index contributed by atoms with van der Waals surface area (Å²) in [5.41, 5.74) is 7.34. The van der Waals surface area contributed by atoms with Crippen molar-refractivity contribution in [3.63, 3.8) is 0 Å². The summed E-state index contributed by atoms with van der Waals surface area (Å²) in [6.07, 6.45) is 3.82. The fourth-order valence-electron chi connectivity index (χ4n) is 5.53. The lowest BCUT2D eigenvalue weighted by Gasteiger charge is -2.26. The SMILES string of the molecule is c1ccc(-c2ccc(N(c3ccc4c(c3)sc3cnccc34)c3cccc4c3oc3ccccc34)cc2)cc1. The molecule has 3 aromatic heterocycles. The van der Waals surface area contributed by atoms with Crippen LogP contribution in [0.3, 0.4) is 0 Å². The Hall–Kier alpha value is -4.93. The molecule has 0 aliphatic carbocycles. The largest absolute Gasteiger partial charge is 0.454 e. The van der Waals surface area contributed by atoms with Crippen molar-refractivity contribution >= 4 is 70.5 Å². The minimum absolute atomic E-state index is 0.881. The molecule has 0 N–H and O–H groups in total. The van der Waals surface area contributed by atoms with Crippen LogP contribution in [-0.2, 0) is 0 Å². The molecule has 0 radical (unpaired) electrons. The van der Waals surface area contributed by atoms with Gasteiger partial charge in [0.25, 0.3) is 0 Å². The van der Waals surface area contributed by atoms with E-state index in [2.05, 4.69) is 113 Å². The molecule has 4 heteroatoms. The van der Waals surface area contributed by atoms with E-state index < -0.39 is 0 Å². The van der Waals surface area contributed by atoms with E-state index in [1.807, 2.05) is 30.6 Å². The van der Waals surface area contributed by atoms with Crippen LogP contribution in [0, 0.1) is 0 Å². The van der Waals surface area contributed by atoms with Gasteiger partial charge in [-0.25, -0.2) is 0 Å². The number of aromatic nitrogens is 1. The molecule has 0 unspecified atom stereocenters. The summed E-state index contributed by atoms with van der Waals surface area (Å²) in [6, 6.07) is 42.8. The molecule has 5 aromatic carbocycles.